The minimum absolute atomic E-state index is 0.0442. The van der Waals surface area contributed by atoms with Crippen molar-refractivity contribution in [1.29, 1.82) is 0 Å². The maximum Gasteiger partial charge on any atom is 0.350 e. The van der Waals surface area contributed by atoms with Crippen molar-refractivity contribution in [2.75, 3.05) is 47.8 Å². The summed E-state index contributed by atoms with van der Waals surface area (Å²) in [6.07, 6.45) is 3.04. The molecule has 0 bridgehead atoms. The van der Waals surface area contributed by atoms with Gasteiger partial charge in [0.05, 0.1) is 153 Å². The molecular weight excluding hydrogens is 1900 g/mol. The van der Waals surface area contributed by atoms with Crippen LogP contribution in [-0.2, 0) is 20.8 Å². The Morgan fingerprint density at radius 2 is 0.696 bits per heavy atom. The molecule has 12 N–H and O–H groups in total. The number of nitro groups is 5. The third-order valence-corrected chi connectivity index (χ3v) is 18.9. The number of hydrogen-bond acceptors (Lipinski definition) is 38. The number of ether oxygens (including phenoxy) is 8. The minimum atomic E-state index is -1.32. The number of aromatic carboxylic acids is 4. The van der Waals surface area contributed by atoms with Gasteiger partial charge in [-0.15, -0.1) is 0 Å². The van der Waals surface area contributed by atoms with Crippen LogP contribution in [0.1, 0.15) is 183 Å². The van der Waals surface area contributed by atoms with Crippen molar-refractivity contribution in [2.24, 2.45) is 0 Å². The van der Waals surface area contributed by atoms with Gasteiger partial charge < -0.3 is 79.6 Å². The average Bonchev–Trinajstić information content (AvgIpc) is 1.67. The van der Waals surface area contributed by atoms with Crippen LogP contribution in [0.4, 0.5) is 55.2 Å². The fraction of sp³-hybridized carbons (Fsp3) is 0.230. The summed E-state index contributed by atoms with van der Waals surface area (Å²) >= 11 is 8.92. The van der Waals surface area contributed by atoms with Crippen LogP contribution in [0.3, 0.4) is 0 Å². The molecule has 138 heavy (non-hydrogen) atoms. The van der Waals surface area contributed by atoms with Gasteiger partial charge in [0.25, 0.3) is 46.2 Å². The molecule has 0 saturated heterocycles. The summed E-state index contributed by atoms with van der Waals surface area (Å²) in [6, 6.07) is 34.2. The molecule has 0 atom stereocenters. The molecule has 51 heteroatoms. The van der Waals surface area contributed by atoms with Crippen LogP contribution in [0.5, 0.6) is 40.2 Å². The largest absolute Gasteiger partial charge is 0.508 e. The lowest BCUT2D eigenvalue weighted by Crippen LogP contribution is -2.13. The summed E-state index contributed by atoms with van der Waals surface area (Å²) in [5.74, 6) is -7.18. The number of halogens is 1. The van der Waals surface area contributed by atoms with Crippen LogP contribution in [0.2, 0.25) is 5.02 Å². The van der Waals surface area contributed by atoms with E-state index >= 15 is 0 Å². The fourth-order valence-corrected chi connectivity index (χ4v) is 12.6. The molecule has 0 radical (unpaired) electrons. The van der Waals surface area contributed by atoms with Gasteiger partial charge in [0.1, 0.15) is 54.9 Å². The van der Waals surface area contributed by atoms with Crippen molar-refractivity contribution in [2.45, 2.75) is 113 Å². The highest BCUT2D eigenvalue weighted by Gasteiger charge is 2.24. The predicted octanol–water partition coefficient (Wildman–Crippen LogP) is 17.2. The van der Waals surface area contributed by atoms with E-state index in [1.165, 1.54) is 68.2 Å². The van der Waals surface area contributed by atoms with Crippen LogP contribution >= 0.6 is 45.6 Å². The molecule has 0 aliphatic carbocycles. The summed E-state index contributed by atoms with van der Waals surface area (Å²) in [5.41, 5.74) is 6.46. The standard InChI is InChI=1S/C21H20ClN3O4S.C16H17N3O6S.C14H15N3O4S.C11H13NO5.C10H11NO5.C8H7NO5.C7H5NO5/c1-12(2)29-16-8-14(19(26)25-21-24-11-18(30-21)20(27)28)7-15(9-16)23-10-13-5-3-4-6-17(13)22;1-4-24-15(21)13-8-17-16(26-13)18-14(20)10-5-11(19(22)23)7-12(6-10)25-9(2)3;1-7(2)21-10-4-8(3-9(15)5-10)12(18)17-14-16-6-11(22-14)13(19)20;1-7(2)17-10-5-8(11(13)16-3)4-9(6-10)12(14)15;1-6(2)16-9-4-7(10(12)13)3-8(5-9)11(14)15;1-14-8(11)5-2-6(9(12)13)4-7(10)3-5;9-6-2-4(7(10)11)1-5(3-6)8(12)13/h3-9,11-12,23H,10H2,1-2H3,(H,27,28)(H,24,25,26);5-9H,4H2,1-3H3,(H,17,18,20);3-7H,15H2,1-2H3,(H,19,20)(H,16,17,18);4-7H,1-3H3;3-6H,1-2H3,(H,12,13);2-4,10H,1H3;1-3,9H,(H,10,11). The molecule has 0 aliphatic rings. The lowest BCUT2D eigenvalue weighted by Gasteiger charge is -2.15. The first kappa shape index (κ1) is 111. The first-order valence-corrected chi connectivity index (χ1v) is 42.5. The number of carbonyl (C=O) groups is 10. The number of rotatable bonds is 32. The summed E-state index contributed by atoms with van der Waals surface area (Å²) in [4.78, 5) is 176. The molecule has 11 rings (SSSR count). The van der Waals surface area contributed by atoms with Crippen molar-refractivity contribution in [3.8, 4) is 40.2 Å². The van der Waals surface area contributed by atoms with Crippen LogP contribution in [-0.4, -0.2) is 181 Å². The van der Waals surface area contributed by atoms with Gasteiger partial charge in [-0.3, -0.25) is 80.9 Å². The number of aromatic hydroxyl groups is 2. The molecule has 0 fully saturated rings. The zero-order valence-corrected chi connectivity index (χ0v) is 78.0. The van der Waals surface area contributed by atoms with Crippen LogP contribution in [0.15, 0.2) is 170 Å². The van der Waals surface area contributed by atoms with Gasteiger partial charge in [0, 0.05) is 76.5 Å². The van der Waals surface area contributed by atoms with Gasteiger partial charge >= 0.3 is 41.8 Å². The molecule has 0 unspecified atom stereocenters. The second-order valence-corrected chi connectivity index (χ2v) is 32.1. The number of nitrogen functional groups attached to an aromatic ring is 1. The maximum atomic E-state index is 12.7. The number of anilines is 5. The number of non-ortho nitro benzene ring substituents is 5. The SMILES string of the molecule is CC(C)Oc1cc(C(=O)O)cc([N+](=O)[O-])c1.CC(C)Oc1cc(N)cc(C(=O)Nc2ncc(C(=O)O)s2)c1.CC(C)Oc1cc(NCc2ccccc2Cl)cc(C(=O)Nc2ncc(C(=O)O)s2)c1.CCOC(=O)c1cnc(NC(=O)c2cc(OC(C)C)cc([N+](=O)[O-])c2)s1.COC(=O)c1cc(O)cc([N+](=O)[O-])c1.COC(=O)c1cc(OC(C)C)cc([N+](=O)[O-])c1.O=C(O)c1cc(O)cc([N+](=O)[O-])c1. The normalized spacial score (nSPS) is 10.3. The maximum absolute atomic E-state index is 12.7. The lowest BCUT2D eigenvalue weighted by atomic mass is 10.1. The van der Waals surface area contributed by atoms with Crippen molar-refractivity contribution in [3.05, 3.63) is 285 Å². The quantitative estimate of drug-likeness (QED) is 0.00613. The molecule has 730 valence electrons. The number of nitrogens with one attached hydrogen (secondary N) is 4. The second kappa shape index (κ2) is 53.5. The van der Waals surface area contributed by atoms with Gasteiger partial charge in [-0.2, -0.15) is 0 Å². The molecule has 0 aliphatic heterocycles. The van der Waals surface area contributed by atoms with E-state index in [0.717, 1.165) is 101 Å². The Morgan fingerprint density at radius 3 is 1.05 bits per heavy atom. The van der Waals surface area contributed by atoms with Crippen molar-refractivity contribution < 1.29 is 141 Å². The highest BCUT2D eigenvalue weighted by atomic mass is 35.5. The Bertz CT molecular complexity index is 6220. The number of amides is 3. The minimum Gasteiger partial charge on any atom is -0.508 e. The van der Waals surface area contributed by atoms with E-state index in [9.17, 15) is 98.5 Å². The number of phenolic OH excluding ortho intramolecular Hbond substituents is 2. The highest BCUT2D eigenvalue weighted by Crippen LogP contribution is 2.33. The van der Waals surface area contributed by atoms with Gasteiger partial charge in [-0.1, -0.05) is 63.8 Å². The number of esters is 3. The number of carboxylic acid groups (broad SMARTS) is 4. The summed E-state index contributed by atoms with van der Waals surface area (Å²) in [5, 5.41) is 118. The second-order valence-electron chi connectivity index (χ2n) is 28.6. The zero-order valence-electron chi connectivity index (χ0n) is 74.8. The average molecular weight is 1990 g/mol. The number of carbonyl (C=O) groups excluding carboxylic acids is 6. The van der Waals surface area contributed by atoms with E-state index in [-0.39, 0.29) is 141 Å². The topological polar surface area (TPSA) is 694 Å². The Balaban J connectivity index is 0.000000290. The zero-order chi connectivity index (χ0) is 103. The summed E-state index contributed by atoms with van der Waals surface area (Å²) in [7, 11) is 2.36. The van der Waals surface area contributed by atoms with Gasteiger partial charge in [0.15, 0.2) is 15.4 Å². The number of phenols is 2. The molecule has 0 saturated carbocycles. The van der Waals surface area contributed by atoms with Crippen LogP contribution in [0.25, 0.3) is 0 Å². The van der Waals surface area contributed by atoms with E-state index in [1.807, 2.05) is 52.0 Å². The predicted molar refractivity (Wildman–Crippen MR) is 500 cm³/mol. The molecule has 47 nitrogen and oxygen atoms in total. The van der Waals surface area contributed by atoms with Gasteiger partial charge in [-0.05, 0) is 142 Å². The number of carboxylic acids is 4. The van der Waals surface area contributed by atoms with E-state index in [2.05, 4.69) is 45.7 Å². The van der Waals surface area contributed by atoms with Crippen molar-refractivity contribution in [1.82, 2.24) is 15.0 Å². The molecule has 8 aromatic carbocycles. The number of benzene rings is 8. The highest BCUT2D eigenvalue weighted by molar-refractivity contribution is 7.18. The van der Waals surface area contributed by atoms with Gasteiger partial charge in [0.2, 0.25) is 0 Å². The third kappa shape index (κ3) is 37.8. The lowest BCUT2D eigenvalue weighted by molar-refractivity contribution is -0.385. The third-order valence-electron chi connectivity index (χ3n) is 15.9. The van der Waals surface area contributed by atoms with E-state index in [1.54, 1.807) is 78.8 Å². The van der Waals surface area contributed by atoms with Gasteiger partial charge in [-0.25, -0.2) is 48.5 Å². The molecule has 3 aromatic heterocycles. The molecule has 3 amide bonds. The summed E-state index contributed by atoms with van der Waals surface area (Å²) < 4.78 is 41.0. The van der Waals surface area contributed by atoms with E-state index in [4.69, 9.17) is 76.4 Å². The van der Waals surface area contributed by atoms with Crippen molar-refractivity contribution >= 4 is 160 Å². The fourth-order valence-electron chi connectivity index (χ4n) is 10.4. The molecular formula is C87H88ClN13O34S3. The Hall–Kier alpha value is -17.2. The number of nitrogens with zero attached hydrogens (tertiary/aromatic N) is 8. The number of nitrogens with two attached hydrogens (primary N) is 1. The first-order valence-electron chi connectivity index (χ1n) is 39.6. The molecule has 0 spiro atoms. The monoisotopic (exact) mass is 1990 g/mol. The number of aromatic nitrogens is 3. The van der Waals surface area contributed by atoms with E-state index < -0.39 is 95.6 Å². The number of nitro benzene ring substituents is 5. The smallest absolute Gasteiger partial charge is 0.350 e. The van der Waals surface area contributed by atoms with Crippen LogP contribution in [0, 0.1) is 50.6 Å². The van der Waals surface area contributed by atoms with Crippen molar-refractivity contribution in [3.63, 3.8) is 0 Å². The Kier molecular flexibility index (Phi) is 43.2. The number of thiazole rings is 3. The molecule has 3 heterocycles. The Morgan fingerprint density at radius 1 is 0.391 bits per heavy atom. The Labute approximate surface area is 798 Å². The summed E-state index contributed by atoms with van der Waals surface area (Å²) in [6.45, 7) is 20.5. The first-order chi connectivity index (χ1) is 64.8. The van der Waals surface area contributed by atoms with Crippen LogP contribution < -0.4 is 50.7 Å². The molecule has 11 aromatic rings. The number of methoxy groups -OCH3 is 2. The number of hydrogen-bond donors (Lipinski definition) is 11. The van der Waals surface area contributed by atoms with E-state index in [0.29, 0.717) is 45.6 Å².